The number of aromatic carboxylic acids is 1. The van der Waals surface area contributed by atoms with Gasteiger partial charge in [0.1, 0.15) is 5.56 Å². The molecule has 0 unspecified atom stereocenters. The zero-order valence-electron chi connectivity index (χ0n) is 10.1. The quantitative estimate of drug-likeness (QED) is 0.811. The third kappa shape index (κ3) is 3.64. The molecule has 0 atom stereocenters. The number of nitrogens with zero attached hydrogens (tertiary/aromatic N) is 1. The first-order chi connectivity index (χ1) is 9.15. The molecule has 1 heterocycles. The summed E-state index contributed by atoms with van der Waals surface area (Å²) in [7, 11) is 0. The highest BCUT2D eigenvalue weighted by molar-refractivity contribution is 5.89. The number of amides is 1. The Labute approximate surface area is 110 Å². The van der Waals surface area contributed by atoms with Crippen LogP contribution < -0.4 is 9.88 Å². The fraction of sp³-hybridized carbons (Fsp3) is 0.0714. The molecule has 0 aliphatic carbocycles. The highest BCUT2D eigenvalue weighted by Crippen LogP contribution is 2.04. The summed E-state index contributed by atoms with van der Waals surface area (Å²) in [5.41, 5.74) is 0.859. The summed E-state index contributed by atoms with van der Waals surface area (Å²) in [5, 5.41) is 11.6. The molecule has 0 saturated carbocycles. The lowest BCUT2D eigenvalue weighted by Crippen LogP contribution is -2.40. The molecule has 0 radical (unpaired) electrons. The highest BCUT2D eigenvalue weighted by Gasteiger charge is 2.12. The molecule has 5 nitrogen and oxygen atoms in total. The second-order valence-corrected chi connectivity index (χ2v) is 3.98. The van der Waals surface area contributed by atoms with Crippen LogP contribution in [-0.4, -0.2) is 17.0 Å². The molecule has 0 bridgehead atoms. The largest absolute Gasteiger partial charge is 0.477 e. The summed E-state index contributed by atoms with van der Waals surface area (Å²) in [6, 6.07) is 12.2. The van der Waals surface area contributed by atoms with Gasteiger partial charge in [0.05, 0.1) is 0 Å². The van der Waals surface area contributed by atoms with Crippen molar-refractivity contribution in [1.29, 1.82) is 0 Å². The topological polar surface area (TPSA) is 70.3 Å². The first-order valence-corrected chi connectivity index (χ1v) is 5.72. The Hall–Kier alpha value is -2.69. The number of nitrogens with one attached hydrogen (secondary N) is 1. The number of para-hydroxylation sites is 1. The molecule has 0 spiro atoms. The van der Waals surface area contributed by atoms with Crippen LogP contribution >= 0.6 is 0 Å². The first kappa shape index (κ1) is 12.8. The molecule has 2 N–H and O–H groups in total. The van der Waals surface area contributed by atoms with Gasteiger partial charge >= 0.3 is 5.97 Å². The Morgan fingerprint density at radius 2 is 1.84 bits per heavy atom. The minimum atomic E-state index is -1.02. The minimum Gasteiger partial charge on any atom is -0.477 e. The van der Waals surface area contributed by atoms with Gasteiger partial charge < -0.3 is 10.4 Å². The van der Waals surface area contributed by atoms with Gasteiger partial charge in [0.25, 0.3) is 5.91 Å². The minimum absolute atomic E-state index is 0.0655. The third-order valence-electron chi connectivity index (χ3n) is 2.49. The number of hydrogen-bond donors (Lipinski definition) is 2. The fourth-order valence-corrected chi connectivity index (χ4v) is 1.63. The van der Waals surface area contributed by atoms with Gasteiger partial charge in [-0.3, -0.25) is 4.79 Å². The van der Waals surface area contributed by atoms with Gasteiger partial charge in [-0.1, -0.05) is 18.2 Å². The van der Waals surface area contributed by atoms with Gasteiger partial charge in [0.2, 0.25) is 6.54 Å². The predicted molar refractivity (Wildman–Crippen MR) is 68.7 cm³/mol. The fourth-order valence-electron chi connectivity index (χ4n) is 1.63. The van der Waals surface area contributed by atoms with Crippen molar-refractivity contribution >= 4 is 17.6 Å². The van der Waals surface area contributed by atoms with Crippen LogP contribution in [0.15, 0.2) is 54.9 Å². The van der Waals surface area contributed by atoms with Gasteiger partial charge in [0, 0.05) is 11.8 Å². The molecule has 2 rings (SSSR count). The van der Waals surface area contributed by atoms with Gasteiger partial charge in [-0.15, -0.1) is 0 Å². The smallest absolute Gasteiger partial charge is 0.341 e. The van der Waals surface area contributed by atoms with Crippen molar-refractivity contribution in [2.24, 2.45) is 0 Å². The van der Waals surface area contributed by atoms with E-state index in [2.05, 4.69) is 5.32 Å². The molecule has 1 aromatic heterocycles. The monoisotopic (exact) mass is 257 g/mol. The molecule has 0 aliphatic heterocycles. The van der Waals surface area contributed by atoms with E-state index in [0.29, 0.717) is 5.69 Å². The van der Waals surface area contributed by atoms with Crippen molar-refractivity contribution in [1.82, 2.24) is 0 Å². The van der Waals surface area contributed by atoms with E-state index in [9.17, 15) is 9.59 Å². The van der Waals surface area contributed by atoms with Crippen LogP contribution in [0, 0.1) is 0 Å². The van der Waals surface area contributed by atoms with Crippen LogP contribution in [0.4, 0.5) is 5.69 Å². The number of carbonyl (C=O) groups excluding carboxylic acids is 1. The van der Waals surface area contributed by atoms with Crippen molar-refractivity contribution in [2.45, 2.75) is 6.54 Å². The molecule has 0 saturated heterocycles. The Morgan fingerprint density at radius 3 is 2.53 bits per heavy atom. The van der Waals surface area contributed by atoms with Crippen LogP contribution in [0.1, 0.15) is 10.4 Å². The SMILES string of the molecule is O=C(C[n+]1cccc(C(=O)O)c1)Nc1ccccc1. The average molecular weight is 257 g/mol. The molecule has 1 amide bonds. The molecule has 1 aromatic carbocycles. The van der Waals surface area contributed by atoms with Crippen LogP contribution in [0.2, 0.25) is 0 Å². The van der Waals surface area contributed by atoms with E-state index >= 15 is 0 Å². The van der Waals surface area contributed by atoms with E-state index in [1.54, 1.807) is 24.4 Å². The molecule has 96 valence electrons. The molecule has 5 heteroatoms. The number of hydrogen-bond acceptors (Lipinski definition) is 2. The third-order valence-corrected chi connectivity index (χ3v) is 2.49. The summed E-state index contributed by atoms with van der Waals surface area (Å²) in [4.78, 5) is 22.6. The van der Waals surface area contributed by atoms with Crippen molar-refractivity contribution in [3.8, 4) is 0 Å². The normalized spacial score (nSPS) is 9.89. The van der Waals surface area contributed by atoms with Crippen LogP contribution in [0.5, 0.6) is 0 Å². The van der Waals surface area contributed by atoms with Crippen LogP contribution in [-0.2, 0) is 11.3 Å². The van der Waals surface area contributed by atoms with Crippen molar-refractivity contribution in [2.75, 3.05) is 5.32 Å². The zero-order chi connectivity index (χ0) is 13.7. The summed E-state index contributed by atoms with van der Waals surface area (Å²) < 4.78 is 1.53. The van der Waals surface area contributed by atoms with Crippen molar-refractivity contribution in [3.63, 3.8) is 0 Å². The number of benzene rings is 1. The van der Waals surface area contributed by atoms with E-state index in [1.165, 1.54) is 16.8 Å². The van der Waals surface area contributed by atoms with Gasteiger partial charge in [-0.25, -0.2) is 4.79 Å². The standard InChI is InChI=1S/C14H12N2O3/c17-13(15-12-6-2-1-3-7-12)10-16-8-4-5-11(9-16)14(18)19/h1-9H,10H2,(H-,15,17,18,19)/p+1. The lowest BCUT2D eigenvalue weighted by molar-refractivity contribution is -0.684. The Morgan fingerprint density at radius 1 is 1.11 bits per heavy atom. The predicted octanol–water partition coefficient (Wildman–Crippen LogP) is 1.31. The first-order valence-electron chi connectivity index (χ1n) is 5.72. The number of pyridine rings is 1. The summed E-state index contributed by atoms with van der Waals surface area (Å²) in [6.07, 6.45) is 3.07. The molecule has 19 heavy (non-hydrogen) atoms. The maximum Gasteiger partial charge on any atom is 0.341 e. The van der Waals surface area contributed by atoms with Gasteiger partial charge in [-0.05, 0) is 18.2 Å². The second kappa shape index (κ2) is 5.77. The average Bonchev–Trinajstić information content (AvgIpc) is 2.40. The van der Waals surface area contributed by atoms with Crippen LogP contribution in [0.3, 0.4) is 0 Å². The molecular weight excluding hydrogens is 244 g/mol. The number of carbonyl (C=O) groups is 2. The van der Waals surface area contributed by atoms with Gasteiger partial charge in [0.15, 0.2) is 12.4 Å². The maximum atomic E-state index is 11.8. The molecular formula is C14H13N2O3+. The van der Waals surface area contributed by atoms with E-state index < -0.39 is 5.97 Å². The highest BCUT2D eigenvalue weighted by atomic mass is 16.4. The Balaban J connectivity index is 2.03. The number of rotatable bonds is 4. The number of carboxylic acid groups (broad SMARTS) is 1. The number of aromatic nitrogens is 1. The second-order valence-electron chi connectivity index (χ2n) is 3.98. The Bertz CT molecular complexity index is 597. The maximum absolute atomic E-state index is 11.8. The molecule has 0 aliphatic rings. The van der Waals surface area contributed by atoms with Crippen molar-refractivity contribution < 1.29 is 19.3 Å². The van der Waals surface area contributed by atoms with Gasteiger partial charge in [-0.2, -0.15) is 4.57 Å². The zero-order valence-corrected chi connectivity index (χ0v) is 10.1. The molecule has 0 fully saturated rings. The van der Waals surface area contributed by atoms with E-state index in [4.69, 9.17) is 5.11 Å². The lowest BCUT2D eigenvalue weighted by atomic mass is 10.3. The summed E-state index contributed by atoms with van der Waals surface area (Å²) >= 11 is 0. The number of carboxylic acids is 1. The van der Waals surface area contributed by atoms with Crippen LogP contribution in [0.25, 0.3) is 0 Å². The lowest BCUT2D eigenvalue weighted by Gasteiger charge is -2.02. The van der Waals surface area contributed by atoms with E-state index in [1.807, 2.05) is 18.2 Å². The van der Waals surface area contributed by atoms with E-state index in [0.717, 1.165) is 0 Å². The summed E-state index contributed by atoms with van der Waals surface area (Å²) in [5.74, 6) is -1.23. The Kier molecular flexibility index (Phi) is 3.87. The summed E-state index contributed by atoms with van der Waals surface area (Å²) in [6.45, 7) is 0.0655. The number of anilines is 1. The molecule has 2 aromatic rings. The van der Waals surface area contributed by atoms with Crippen molar-refractivity contribution in [3.05, 3.63) is 60.4 Å². The van der Waals surface area contributed by atoms with E-state index in [-0.39, 0.29) is 18.0 Å².